The Labute approximate surface area is 156 Å². The summed E-state index contributed by atoms with van der Waals surface area (Å²) < 4.78 is 0. The predicted molar refractivity (Wildman–Crippen MR) is 105 cm³/mol. The van der Waals surface area contributed by atoms with Crippen molar-refractivity contribution in [3.05, 3.63) is 96.7 Å². The standard InChI is InChI=1S/C23H16N2O2/c26-23(27)18-11-9-16(10-12-18)19-14-21(17-6-2-1-3-7-17)25-22(15-19)20-8-4-5-13-24-20/h1-15H,(H,26,27). The highest BCUT2D eigenvalue weighted by Crippen LogP contribution is 2.29. The molecule has 0 bridgehead atoms. The minimum Gasteiger partial charge on any atom is -0.478 e. The number of nitrogens with zero attached hydrogens (tertiary/aromatic N) is 2. The highest BCUT2D eigenvalue weighted by molar-refractivity contribution is 5.88. The van der Waals surface area contributed by atoms with Crippen molar-refractivity contribution in [1.29, 1.82) is 0 Å². The number of hydrogen-bond acceptors (Lipinski definition) is 3. The minimum atomic E-state index is -0.935. The lowest BCUT2D eigenvalue weighted by Crippen LogP contribution is -1.96. The SMILES string of the molecule is O=C(O)c1ccc(-c2cc(-c3ccccc3)nc(-c3ccccn3)c2)cc1. The molecule has 0 fully saturated rings. The highest BCUT2D eigenvalue weighted by atomic mass is 16.4. The van der Waals surface area contributed by atoms with Gasteiger partial charge in [-0.05, 0) is 47.5 Å². The van der Waals surface area contributed by atoms with Gasteiger partial charge < -0.3 is 5.11 Å². The summed E-state index contributed by atoms with van der Waals surface area (Å²) in [6.45, 7) is 0. The van der Waals surface area contributed by atoms with Gasteiger partial charge in [0.15, 0.2) is 0 Å². The van der Waals surface area contributed by atoms with Crippen molar-refractivity contribution in [2.75, 3.05) is 0 Å². The molecule has 0 radical (unpaired) electrons. The Hall–Kier alpha value is -3.79. The molecule has 0 atom stereocenters. The molecule has 0 aliphatic heterocycles. The monoisotopic (exact) mass is 352 g/mol. The number of rotatable bonds is 4. The lowest BCUT2D eigenvalue weighted by molar-refractivity contribution is 0.0697. The van der Waals surface area contributed by atoms with Crippen LogP contribution in [0.3, 0.4) is 0 Å². The molecule has 4 heteroatoms. The van der Waals surface area contributed by atoms with E-state index in [2.05, 4.69) is 4.98 Å². The Balaban J connectivity index is 1.86. The van der Waals surface area contributed by atoms with Crippen LogP contribution in [0.4, 0.5) is 0 Å². The Morgan fingerprint density at radius 2 is 1.37 bits per heavy atom. The second kappa shape index (κ2) is 7.22. The first kappa shape index (κ1) is 16.7. The van der Waals surface area contributed by atoms with Gasteiger partial charge in [0.25, 0.3) is 0 Å². The first-order valence-electron chi connectivity index (χ1n) is 8.53. The first-order valence-corrected chi connectivity index (χ1v) is 8.53. The number of carboxylic acid groups (broad SMARTS) is 1. The van der Waals surface area contributed by atoms with E-state index in [0.29, 0.717) is 0 Å². The van der Waals surface area contributed by atoms with E-state index in [0.717, 1.165) is 33.8 Å². The lowest BCUT2D eigenvalue weighted by Gasteiger charge is -2.10. The number of benzene rings is 2. The molecule has 0 aliphatic rings. The first-order chi connectivity index (χ1) is 13.2. The summed E-state index contributed by atoms with van der Waals surface area (Å²) in [6.07, 6.45) is 1.74. The molecular weight excluding hydrogens is 336 g/mol. The molecule has 1 N–H and O–H groups in total. The van der Waals surface area contributed by atoms with Crippen LogP contribution in [-0.4, -0.2) is 21.0 Å². The smallest absolute Gasteiger partial charge is 0.335 e. The Bertz CT molecular complexity index is 1020. The number of carbonyl (C=O) groups is 1. The maximum atomic E-state index is 11.1. The largest absolute Gasteiger partial charge is 0.478 e. The van der Waals surface area contributed by atoms with Crippen LogP contribution in [0.25, 0.3) is 33.8 Å². The zero-order chi connectivity index (χ0) is 18.6. The van der Waals surface area contributed by atoms with Crippen molar-refractivity contribution in [1.82, 2.24) is 9.97 Å². The second-order valence-corrected chi connectivity index (χ2v) is 6.09. The van der Waals surface area contributed by atoms with E-state index in [1.54, 1.807) is 18.3 Å². The van der Waals surface area contributed by atoms with Gasteiger partial charge >= 0.3 is 5.97 Å². The molecule has 130 valence electrons. The zero-order valence-electron chi connectivity index (χ0n) is 14.4. The van der Waals surface area contributed by atoms with Crippen LogP contribution in [0.5, 0.6) is 0 Å². The summed E-state index contributed by atoms with van der Waals surface area (Å²) in [7, 11) is 0. The number of carboxylic acids is 1. The van der Waals surface area contributed by atoms with Gasteiger partial charge in [-0.3, -0.25) is 4.98 Å². The van der Waals surface area contributed by atoms with Crippen LogP contribution in [-0.2, 0) is 0 Å². The quantitative estimate of drug-likeness (QED) is 0.550. The van der Waals surface area contributed by atoms with Crippen LogP contribution in [0, 0.1) is 0 Å². The molecule has 0 spiro atoms. The summed E-state index contributed by atoms with van der Waals surface area (Å²) >= 11 is 0. The molecule has 4 nitrogen and oxygen atoms in total. The van der Waals surface area contributed by atoms with Gasteiger partial charge in [0.2, 0.25) is 0 Å². The Kier molecular flexibility index (Phi) is 4.45. The molecule has 0 saturated heterocycles. The maximum Gasteiger partial charge on any atom is 0.335 e. The topological polar surface area (TPSA) is 63.1 Å². The molecule has 4 aromatic rings. The van der Waals surface area contributed by atoms with Crippen molar-refractivity contribution in [2.45, 2.75) is 0 Å². The third kappa shape index (κ3) is 3.60. The fourth-order valence-corrected chi connectivity index (χ4v) is 2.90. The van der Waals surface area contributed by atoms with Crippen LogP contribution in [0.1, 0.15) is 10.4 Å². The van der Waals surface area contributed by atoms with Crippen molar-refractivity contribution >= 4 is 5.97 Å². The van der Waals surface area contributed by atoms with Crippen molar-refractivity contribution < 1.29 is 9.90 Å². The van der Waals surface area contributed by atoms with Gasteiger partial charge in [0.05, 0.1) is 22.6 Å². The van der Waals surface area contributed by atoms with E-state index in [4.69, 9.17) is 10.1 Å². The summed E-state index contributed by atoms with van der Waals surface area (Å²) in [5.41, 5.74) is 5.57. The molecule has 0 saturated carbocycles. The van der Waals surface area contributed by atoms with Crippen LogP contribution < -0.4 is 0 Å². The number of aromatic carboxylic acids is 1. The van der Waals surface area contributed by atoms with E-state index in [-0.39, 0.29) is 5.56 Å². The van der Waals surface area contributed by atoms with E-state index in [9.17, 15) is 4.79 Å². The van der Waals surface area contributed by atoms with Crippen molar-refractivity contribution in [3.8, 4) is 33.8 Å². The molecule has 2 heterocycles. The van der Waals surface area contributed by atoms with Gasteiger partial charge in [-0.15, -0.1) is 0 Å². The normalized spacial score (nSPS) is 10.5. The van der Waals surface area contributed by atoms with Crippen LogP contribution in [0.15, 0.2) is 91.1 Å². The molecule has 2 aromatic carbocycles. The summed E-state index contributed by atoms with van der Waals surface area (Å²) in [4.78, 5) is 20.3. The molecule has 0 unspecified atom stereocenters. The second-order valence-electron chi connectivity index (χ2n) is 6.09. The average molecular weight is 352 g/mol. The zero-order valence-corrected chi connectivity index (χ0v) is 14.4. The highest BCUT2D eigenvalue weighted by Gasteiger charge is 2.10. The maximum absolute atomic E-state index is 11.1. The third-order valence-corrected chi connectivity index (χ3v) is 4.29. The number of pyridine rings is 2. The van der Waals surface area contributed by atoms with Gasteiger partial charge in [-0.25, -0.2) is 9.78 Å². The molecule has 4 rings (SSSR count). The van der Waals surface area contributed by atoms with Crippen molar-refractivity contribution in [2.24, 2.45) is 0 Å². The Morgan fingerprint density at radius 3 is 2.04 bits per heavy atom. The predicted octanol–water partition coefficient (Wildman–Crippen LogP) is 5.18. The van der Waals surface area contributed by atoms with E-state index >= 15 is 0 Å². The number of hydrogen-bond donors (Lipinski definition) is 1. The van der Waals surface area contributed by atoms with Gasteiger partial charge in [-0.2, -0.15) is 0 Å². The molecule has 2 aromatic heterocycles. The fraction of sp³-hybridized carbons (Fsp3) is 0. The third-order valence-electron chi connectivity index (χ3n) is 4.29. The van der Waals surface area contributed by atoms with Crippen LogP contribution >= 0.6 is 0 Å². The van der Waals surface area contributed by atoms with Crippen LogP contribution in [0.2, 0.25) is 0 Å². The molecule has 0 amide bonds. The number of aromatic nitrogens is 2. The minimum absolute atomic E-state index is 0.265. The Morgan fingerprint density at radius 1 is 0.667 bits per heavy atom. The summed E-state index contributed by atoms with van der Waals surface area (Å²) in [6, 6.07) is 26.5. The molecule has 27 heavy (non-hydrogen) atoms. The molecular formula is C23H16N2O2. The van der Waals surface area contributed by atoms with Gasteiger partial charge in [0.1, 0.15) is 0 Å². The van der Waals surface area contributed by atoms with E-state index in [1.807, 2.05) is 72.8 Å². The fourth-order valence-electron chi connectivity index (χ4n) is 2.90. The average Bonchev–Trinajstić information content (AvgIpc) is 2.75. The lowest BCUT2D eigenvalue weighted by atomic mass is 10.0. The van der Waals surface area contributed by atoms with E-state index in [1.165, 1.54) is 0 Å². The summed E-state index contributed by atoms with van der Waals surface area (Å²) in [5.74, 6) is -0.935. The van der Waals surface area contributed by atoms with E-state index < -0.39 is 5.97 Å². The molecule has 0 aliphatic carbocycles. The van der Waals surface area contributed by atoms with Gasteiger partial charge in [-0.1, -0.05) is 48.5 Å². The summed E-state index contributed by atoms with van der Waals surface area (Å²) in [5, 5.41) is 9.11. The van der Waals surface area contributed by atoms with Crippen molar-refractivity contribution in [3.63, 3.8) is 0 Å². The van der Waals surface area contributed by atoms with Gasteiger partial charge in [0, 0.05) is 11.8 Å².